The zero-order valence-corrected chi connectivity index (χ0v) is 15.5. The number of benzene rings is 1. The minimum absolute atomic E-state index is 0.0248. The predicted molar refractivity (Wildman–Crippen MR) is 98.5 cm³/mol. The number of halogens is 1. The lowest BCUT2D eigenvalue weighted by Crippen LogP contribution is -2.49. The highest BCUT2D eigenvalue weighted by Crippen LogP contribution is 2.20. The van der Waals surface area contributed by atoms with Crippen molar-refractivity contribution < 1.29 is 18.3 Å². The first kappa shape index (κ1) is 19.5. The van der Waals surface area contributed by atoms with E-state index in [0.717, 1.165) is 31.9 Å². The van der Waals surface area contributed by atoms with Crippen molar-refractivity contribution in [1.29, 1.82) is 0 Å². The van der Waals surface area contributed by atoms with E-state index in [4.69, 9.17) is 9.15 Å². The number of aromatic nitrogens is 1. The first-order valence-corrected chi connectivity index (χ1v) is 9.05. The van der Waals surface area contributed by atoms with Gasteiger partial charge in [-0.2, -0.15) is 0 Å². The third-order valence-corrected chi connectivity index (χ3v) is 4.47. The van der Waals surface area contributed by atoms with E-state index in [1.165, 1.54) is 12.1 Å². The molecule has 1 aliphatic heterocycles. The van der Waals surface area contributed by atoms with Gasteiger partial charge in [0.05, 0.1) is 18.8 Å². The van der Waals surface area contributed by atoms with Crippen LogP contribution in [0.1, 0.15) is 5.69 Å². The summed E-state index contributed by atoms with van der Waals surface area (Å²) in [6, 6.07) is 6.21. The number of oxazole rings is 1. The van der Waals surface area contributed by atoms with Gasteiger partial charge in [0.25, 0.3) is 0 Å². The molecule has 0 saturated carbocycles. The van der Waals surface area contributed by atoms with Crippen molar-refractivity contribution in [2.24, 2.45) is 0 Å². The van der Waals surface area contributed by atoms with E-state index < -0.39 is 0 Å². The Morgan fingerprint density at radius 3 is 2.81 bits per heavy atom. The highest BCUT2D eigenvalue weighted by Gasteiger charge is 2.20. The average molecular weight is 376 g/mol. The van der Waals surface area contributed by atoms with Crippen LogP contribution in [0.2, 0.25) is 0 Å². The number of piperazine rings is 1. The summed E-state index contributed by atoms with van der Waals surface area (Å²) in [5.41, 5.74) is 1.45. The number of carbonyl (C=O) groups excluding carboxylic acids is 1. The van der Waals surface area contributed by atoms with Gasteiger partial charge in [0, 0.05) is 51.9 Å². The van der Waals surface area contributed by atoms with Crippen molar-refractivity contribution in [2.45, 2.75) is 6.54 Å². The molecule has 1 fully saturated rings. The van der Waals surface area contributed by atoms with Crippen LogP contribution in [0.15, 0.2) is 34.9 Å². The predicted octanol–water partition coefficient (Wildman–Crippen LogP) is 1.36. The Kier molecular flexibility index (Phi) is 6.92. The van der Waals surface area contributed by atoms with E-state index in [1.54, 1.807) is 25.5 Å². The molecule has 146 valence electrons. The third-order valence-electron chi connectivity index (χ3n) is 4.47. The number of ether oxygens (including phenoxy) is 1. The smallest absolute Gasteiger partial charge is 0.234 e. The number of carbonyl (C=O) groups is 1. The first-order chi connectivity index (χ1) is 13.1. The van der Waals surface area contributed by atoms with Gasteiger partial charge in [-0.15, -0.1) is 0 Å². The van der Waals surface area contributed by atoms with Gasteiger partial charge in [0.15, 0.2) is 0 Å². The summed E-state index contributed by atoms with van der Waals surface area (Å²) < 4.78 is 23.7. The zero-order valence-electron chi connectivity index (χ0n) is 15.5. The molecule has 0 atom stereocenters. The Balaban J connectivity index is 1.44. The van der Waals surface area contributed by atoms with Crippen LogP contribution in [0.4, 0.5) is 4.39 Å². The molecule has 1 aromatic heterocycles. The Morgan fingerprint density at radius 2 is 2.07 bits per heavy atom. The van der Waals surface area contributed by atoms with Crippen LogP contribution >= 0.6 is 0 Å². The van der Waals surface area contributed by atoms with Gasteiger partial charge >= 0.3 is 0 Å². The number of nitrogens with one attached hydrogen (secondary N) is 1. The van der Waals surface area contributed by atoms with Crippen LogP contribution in [0.5, 0.6) is 0 Å². The average Bonchev–Trinajstić information content (AvgIpc) is 3.12. The SMILES string of the molecule is COCCNC(=O)CN1CCN(Cc2coc(-c3cccc(F)c3)n2)CC1. The maximum absolute atomic E-state index is 13.3. The molecule has 0 aliphatic carbocycles. The minimum Gasteiger partial charge on any atom is -0.444 e. The van der Waals surface area contributed by atoms with Gasteiger partial charge in [-0.3, -0.25) is 14.6 Å². The number of hydrogen-bond donors (Lipinski definition) is 1. The maximum atomic E-state index is 13.3. The van der Waals surface area contributed by atoms with Gasteiger partial charge in [-0.05, 0) is 18.2 Å². The van der Waals surface area contributed by atoms with E-state index in [9.17, 15) is 9.18 Å². The summed E-state index contributed by atoms with van der Waals surface area (Å²) in [5.74, 6) is 0.141. The second-order valence-electron chi connectivity index (χ2n) is 6.55. The molecule has 1 amide bonds. The number of hydrogen-bond acceptors (Lipinski definition) is 6. The number of rotatable bonds is 8. The quantitative estimate of drug-likeness (QED) is 0.702. The van der Waals surface area contributed by atoms with Gasteiger partial charge in [-0.1, -0.05) is 6.07 Å². The number of amides is 1. The Morgan fingerprint density at radius 1 is 1.30 bits per heavy atom. The molecule has 2 aromatic rings. The lowest BCUT2D eigenvalue weighted by atomic mass is 10.2. The monoisotopic (exact) mass is 376 g/mol. The molecule has 1 aliphatic rings. The molecule has 0 unspecified atom stereocenters. The third kappa shape index (κ3) is 5.85. The molecule has 0 radical (unpaired) electrons. The van der Waals surface area contributed by atoms with E-state index in [-0.39, 0.29) is 11.7 Å². The van der Waals surface area contributed by atoms with Crippen molar-refractivity contribution in [3.05, 3.63) is 42.0 Å². The molecular formula is C19H25FN4O3. The highest BCUT2D eigenvalue weighted by molar-refractivity contribution is 5.78. The minimum atomic E-state index is -0.311. The van der Waals surface area contributed by atoms with E-state index in [0.29, 0.717) is 37.7 Å². The van der Waals surface area contributed by atoms with Gasteiger partial charge < -0.3 is 14.5 Å². The van der Waals surface area contributed by atoms with Crippen LogP contribution < -0.4 is 5.32 Å². The molecule has 3 rings (SSSR count). The lowest BCUT2D eigenvalue weighted by molar-refractivity contribution is -0.122. The van der Waals surface area contributed by atoms with Crippen LogP contribution in [0, 0.1) is 5.82 Å². The van der Waals surface area contributed by atoms with Crippen molar-refractivity contribution in [2.75, 3.05) is 53.0 Å². The molecule has 7 nitrogen and oxygen atoms in total. The summed E-state index contributed by atoms with van der Waals surface area (Å²) in [6.07, 6.45) is 1.62. The molecule has 2 heterocycles. The molecule has 0 spiro atoms. The fraction of sp³-hybridized carbons (Fsp3) is 0.474. The molecule has 8 heteroatoms. The van der Waals surface area contributed by atoms with Crippen LogP contribution in [0.3, 0.4) is 0 Å². The second kappa shape index (κ2) is 9.59. The first-order valence-electron chi connectivity index (χ1n) is 9.05. The lowest BCUT2D eigenvalue weighted by Gasteiger charge is -2.33. The molecule has 1 aromatic carbocycles. The Bertz CT molecular complexity index is 744. The molecule has 1 saturated heterocycles. The normalized spacial score (nSPS) is 15.8. The van der Waals surface area contributed by atoms with Crippen LogP contribution in [0.25, 0.3) is 11.5 Å². The number of methoxy groups -OCH3 is 1. The largest absolute Gasteiger partial charge is 0.444 e. The van der Waals surface area contributed by atoms with Crippen LogP contribution in [-0.2, 0) is 16.1 Å². The molecule has 1 N–H and O–H groups in total. The zero-order chi connectivity index (χ0) is 19.1. The van der Waals surface area contributed by atoms with E-state index in [2.05, 4.69) is 20.1 Å². The fourth-order valence-corrected chi connectivity index (χ4v) is 3.02. The summed E-state index contributed by atoms with van der Waals surface area (Å²) in [5, 5.41) is 2.84. The summed E-state index contributed by atoms with van der Waals surface area (Å²) in [4.78, 5) is 20.7. The van der Waals surface area contributed by atoms with Crippen molar-refractivity contribution in [3.8, 4) is 11.5 Å². The fourth-order valence-electron chi connectivity index (χ4n) is 3.02. The van der Waals surface area contributed by atoms with Gasteiger partial charge in [0.2, 0.25) is 11.8 Å². The maximum Gasteiger partial charge on any atom is 0.234 e. The summed E-state index contributed by atoms with van der Waals surface area (Å²) in [6.45, 7) is 5.50. The van der Waals surface area contributed by atoms with Crippen molar-refractivity contribution in [1.82, 2.24) is 20.1 Å². The van der Waals surface area contributed by atoms with E-state index >= 15 is 0 Å². The van der Waals surface area contributed by atoms with Crippen molar-refractivity contribution in [3.63, 3.8) is 0 Å². The van der Waals surface area contributed by atoms with E-state index in [1.807, 2.05) is 0 Å². The highest BCUT2D eigenvalue weighted by atomic mass is 19.1. The van der Waals surface area contributed by atoms with Gasteiger partial charge in [0.1, 0.15) is 12.1 Å². The number of nitrogens with zero attached hydrogens (tertiary/aromatic N) is 3. The van der Waals surface area contributed by atoms with Crippen molar-refractivity contribution >= 4 is 5.91 Å². The molecule has 0 bridgehead atoms. The topological polar surface area (TPSA) is 70.8 Å². The van der Waals surface area contributed by atoms with Gasteiger partial charge in [-0.25, -0.2) is 9.37 Å². The summed E-state index contributed by atoms with van der Waals surface area (Å²) in [7, 11) is 1.61. The molecular weight excluding hydrogens is 351 g/mol. The Hall–Kier alpha value is -2.29. The standard InChI is InChI=1S/C19H25FN4O3/c1-26-10-5-21-18(25)13-24-8-6-23(7-9-24)12-17-14-27-19(22-17)15-3-2-4-16(20)11-15/h2-4,11,14H,5-10,12-13H2,1H3,(H,21,25). The summed E-state index contributed by atoms with van der Waals surface area (Å²) >= 11 is 0. The van der Waals surface area contributed by atoms with Crippen LogP contribution in [-0.4, -0.2) is 73.7 Å². The molecule has 27 heavy (non-hydrogen) atoms. The second-order valence-corrected chi connectivity index (χ2v) is 6.55. The Labute approximate surface area is 158 Å².